The smallest absolute Gasteiger partial charge is 0.336 e. The van der Waals surface area contributed by atoms with Crippen molar-refractivity contribution >= 4 is 27.6 Å². The predicted molar refractivity (Wildman–Crippen MR) is 70.3 cm³/mol. The molecule has 1 atom stereocenters. The van der Waals surface area contributed by atoms with Gasteiger partial charge in [-0.3, -0.25) is 0 Å². The fourth-order valence-corrected chi connectivity index (χ4v) is 2.65. The minimum Gasteiger partial charge on any atom is -0.479 e. The van der Waals surface area contributed by atoms with E-state index in [1.165, 1.54) is 6.07 Å². The standard InChI is InChI=1S/C11H13ClFNO5S/c1-11(17,10(15)16)6-14-20(18,19)5-7-2-3-9(13)8(12)4-7/h2-4,14,17H,5-6H2,1H3,(H,15,16). The van der Waals surface area contributed by atoms with Crippen molar-refractivity contribution in [3.8, 4) is 0 Å². The molecule has 0 bridgehead atoms. The van der Waals surface area contributed by atoms with E-state index in [0.717, 1.165) is 19.1 Å². The first-order valence-electron chi connectivity index (χ1n) is 5.40. The van der Waals surface area contributed by atoms with Gasteiger partial charge in [0.25, 0.3) is 0 Å². The number of sulfonamides is 1. The van der Waals surface area contributed by atoms with Crippen LogP contribution in [0.5, 0.6) is 0 Å². The molecule has 0 radical (unpaired) electrons. The van der Waals surface area contributed by atoms with Crippen LogP contribution in [0.2, 0.25) is 5.02 Å². The summed E-state index contributed by atoms with van der Waals surface area (Å²) in [6.45, 7) is 0.284. The van der Waals surface area contributed by atoms with Crippen LogP contribution in [0.15, 0.2) is 18.2 Å². The Bertz CT molecular complexity index is 617. The van der Waals surface area contributed by atoms with Crippen LogP contribution in [0, 0.1) is 5.82 Å². The summed E-state index contributed by atoms with van der Waals surface area (Å²) in [5.41, 5.74) is -1.98. The first-order valence-corrected chi connectivity index (χ1v) is 7.43. The van der Waals surface area contributed by atoms with Crippen LogP contribution in [0.4, 0.5) is 4.39 Å². The summed E-state index contributed by atoms with van der Waals surface area (Å²) >= 11 is 5.53. The highest BCUT2D eigenvalue weighted by Gasteiger charge is 2.31. The molecular weight excluding hydrogens is 313 g/mol. The number of aliphatic hydroxyl groups is 1. The molecule has 1 aromatic carbocycles. The predicted octanol–water partition coefficient (Wildman–Crippen LogP) is 0.734. The van der Waals surface area contributed by atoms with Crippen molar-refractivity contribution in [2.24, 2.45) is 0 Å². The number of halogens is 2. The maximum atomic E-state index is 12.9. The van der Waals surface area contributed by atoms with Gasteiger partial charge in [0.05, 0.1) is 10.8 Å². The van der Waals surface area contributed by atoms with Crippen molar-refractivity contribution in [2.45, 2.75) is 18.3 Å². The molecule has 0 aliphatic heterocycles. The lowest BCUT2D eigenvalue weighted by molar-refractivity contribution is -0.155. The van der Waals surface area contributed by atoms with Crippen molar-refractivity contribution in [3.63, 3.8) is 0 Å². The molecule has 0 saturated heterocycles. The lowest BCUT2D eigenvalue weighted by Crippen LogP contribution is -2.46. The summed E-state index contributed by atoms with van der Waals surface area (Å²) in [6.07, 6.45) is 0. The van der Waals surface area contributed by atoms with E-state index in [2.05, 4.69) is 0 Å². The number of aliphatic carboxylic acids is 1. The second kappa shape index (κ2) is 6.04. The number of carboxylic acids is 1. The van der Waals surface area contributed by atoms with E-state index in [-0.39, 0.29) is 10.6 Å². The number of benzene rings is 1. The van der Waals surface area contributed by atoms with E-state index in [9.17, 15) is 22.7 Å². The molecule has 1 aromatic rings. The Morgan fingerprint density at radius 1 is 1.50 bits per heavy atom. The normalized spacial score (nSPS) is 14.8. The second-order valence-electron chi connectivity index (χ2n) is 4.41. The molecule has 3 N–H and O–H groups in total. The van der Waals surface area contributed by atoms with Crippen molar-refractivity contribution in [2.75, 3.05) is 6.54 Å². The van der Waals surface area contributed by atoms with Gasteiger partial charge in [-0.1, -0.05) is 17.7 Å². The minimum atomic E-state index is -3.89. The molecule has 0 fully saturated rings. The molecule has 1 rings (SSSR count). The average molecular weight is 326 g/mol. The second-order valence-corrected chi connectivity index (χ2v) is 6.62. The highest BCUT2D eigenvalue weighted by Crippen LogP contribution is 2.17. The summed E-state index contributed by atoms with van der Waals surface area (Å²) in [5, 5.41) is 17.8. The molecule has 20 heavy (non-hydrogen) atoms. The largest absolute Gasteiger partial charge is 0.479 e. The molecule has 112 valence electrons. The molecule has 0 amide bonds. The lowest BCUT2D eigenvalue weighted by atomic mass is 10.1. The van der Waals surface area contributed by atoms with Gasteiger partial charge in [-0.05, 0) is 24.6 Å². The Kier molecular flexibility index (Phi) is 5.09. The third-order valence-corrected chi connectivity index (χ3v) is 4.02. The van der Waals surface area contributed by atoms with Gasteiger partial charge in [0.1, 0.15) is 5.82 Å². The summed E-state index contributed by atoms with van der Waals surface area (Å²) < 4.78 is 38.3. The summed E-state index contributed by atoms with van der Waals surface area (Å²) in [7, 11) is -3.89. The summed E-state index contributed by atoms with van der Waals surface area (Å²) in [6, 6.07) is 3.43. The lowest BCUT2D eigenvalue weighted by Gasteiger charge is -2.18. The van der Waals surface area contributed by atoms with E-state index in [1.807, 2.05) is 4.72 Å². The van der Waals surface area contributed by atoms with E-state index >= 15 is 0 Å². The van der Waals surface area contributed by atoms with E-state index in [0.29, 0.717) is 0 Å². The van der Waals surface area contributed by atoms with E-state index in [1.54, 1.807) is 0 Å². The fraction of sp³-hybridized carbons (Fsp3) is 0.364. The molecule has 0 saturated carbocycles. The first-order chi connectivity index (χ1) is 9.03. The van der Waals surface area contributed by atoms with Crippen LogP contribution in [-0.4, -0.2) is 36.7 Å². The number of carbonyl (C=O) groups is 1. The third-order valence-electron chi connectivity index (χ3n) is 2.44. The number of hydrogen-bond donors (Lipinski definition) is 3. The number of carboxylic acid groups (broad SMARTS) is 1. The van der Waals surface area contributed by atoms with Gasteiger partial charge in [-0.2, -0.15) is 0 Å². The molecule has 0 heterocycles. The van der Waals surface area contributed by atoms with Crippen LogP contribution in [0.1, 0.15) is 12.5 Å². The van der Waals surface area contributed by atoms with Gasteiger partial charge in [-0.15, -0.1) is 0 Å². The Morgan fingerprint density at radius 2 is 2.10 bits per heavy atom. The Labute approximate surface area is 120 Å². The van der Waals surface area contributed by atoms with E-state index in [4.69, 9.17) is 16.7 Å². The van der Waals surface area contributed by atoms with E-state index < -0.39 is 39.7 Å². The number of nitrogens with one attached hydrogen (secondary N) is 1. The van der Waals surface area contributed by atoms with Gasteiger partial charge in [-0.25, -0.2) is 22.3 Å². The van der Waals surface area contributed by atoms with Gasteiger partial charge in [0.2, 0.25) is 10.0 Å². The Hall–Kier alpha value is -1.22. The van der Waals surface area contributed by atoms with Crippen molar-refractivity contribution < 1.29 is 27.8 Å². The van der Waals surface area contributed by atoms with Crippen LogP contribution in [0.25, 0.3) is 0 Å². The Balaban J connectivity index is 2.75. The monoisotopic (exact) mass is 325 g/mol. The number of rotatable bonds is 6. The van der Waals surface area contributed by atoms with Crippen molar-refractivity contribution in [1.29, 1.82) is 0 Å². The summed E-state index contributed by atoms with van der Waals surface area (Å²) in [5.74, 6) is -2.73. The number of hydrogen-bond acceptors (Lipinski definition) is 4. The van der Waals surface area contributed by atoms with Gasteiger partial charge >= 0.3 is 5.97 Å². The molecular formula is C11H13ClFNO5S. The molecule has 1 unspecified atom stereocenters. The molecule has 0 aliphatic carbocycles. The first kappa shape index (κ1) is 16.8. The topological polar surface area (TPSA) is 104 Å². The van der Waals surface area contributed by atoms with Gasteiger partial charge in [0.15, 0.2) is 5.60 Å². The highest BCUT2D eigenvalue weighted by atomic mass is 35.5. The fourth-order valence-electron chi connectivity index (χ4n) is 1.23. The maximum Gasteiger partial charge on any atom is 0.336 e. The molecule has 6 nitrogen and oxygen atoms in total. The van der Waals surface area contributed by atoms with Crippen LogP contribution < -0.4 is 4.72 Å². The average Bonchev–Trinajstić information content (AvgIpc) is 2.31. The molecule has 0 aliphatic rings. The van der Waals surface area contributed by atoms with Crippen LogP contribution >= 0.6 is 11.6 Å². The zero-order chi connectivity index (χ0) is 15.6. The van der Waals surface area contributed by atoms with Crippen LogP contribution in [0.3, 0.4) is 0 Å². The van der Waals surface area contributed by atoms with Gasteiger partial charge < -0.3 is 10.2 Å². The van der Waals surface area contributed by atoms with Gasteiger partial charge in [0, 0.05) is 6.54 Å². The molecule has 0 spiro atoms. The minimum absolute atomic E-state index is 0.213. The quantitative estimate of drug-likeness (QED) is 0.715. The molecule has 0 aromatic heterocycles. The molecule has 9 heteroatoms. The third kappa shape index (κ3) is 4.71. The van der Waals surface area contributed by atoms with Crippen molar-refractivity contribution in [3.05, 3.63) is 34.6 Å². The van der Waals surface area contributed by atoms with Crippen LogP contribution in [-0.2, 0) is 20.6 Å². The zero-order valence-corrected chi connectivity index (χ0v) is 12.0. The SMILES string of the molecule is CC(O)(CNS(=O)(=O)Cc1ccc(F)c(Cl)c1)C(=O)O. The van der Waals surface area contributed by atoms with Crippen molar-refractivity contribution in [1.82, 2.24) is 4.72 Å². The maximum absolute atomic E-state index is 12.9. The zero-order valence-electron chi connectivity index (χ0n) is 10.4. The highest BCUT2D eigenvalue weighted by molar-refractivity contribution is 7.88. The Morgan fingerprint density at radius 3 is 2.60 bits per heavy atom. The summed E-state index contributed by atoms with van der Waals surface area (Å²) in [4.78, 5) is 10.6.